The van der Waals surface area contributed by atoms with Crippen molar-refractivity contribution in [3.05, 3.63) is 35.9 Å². The molecule has 2 fully saturated rings. The summed E-state index contributed by atoms with van der Waals surface area (Å²) in [6.07, 6.45) is 0.693. The molecule has 2 aliphatic rings. The molecule has 0 unspecified atom stereocenters. The molecule has 15 heavy (non-hydrogen) atoms. The standard InChI is InChI=1S/C12H11NO2/c1-13-10(14)9-7-12(9,11(13)15)8-5-3-2-4-6-8/h2-6,9H,7H2,1H3/t9-,12+/m0/s1. The Hall–Kier alpha value is -1.64. The van der Waals surface area contributed by atoms with Crippen LogP contribution in [0.4, 0.5) is 0 Å². The number of benzene rings is 1. The van der Waals surface area contributed by atoms with Crippen molar-refractivity contribution >= 4 is 11.8 Å². The number of carbonyl (C=O) groups excluding carboxylic acids is 2. The largest absolute Gasteiger partial charge is 0.285 e. The lowest BCUT2D eigenvalue weighted by Gasteiger charge is -2.14. The van der Waals surface area contributed by atoms with Crippen LogP contribution in [0.15, 0.2) is 30.3 Å². The minimum absolute atomic E-state index is 0.0242. The van der Waals surface area contributed by atoms with Crippen molar-refractivity contribution in [3.8, 4) is 0 Å². The summed E-state index contributed by atoms with van der Waals surface area (Å²) in [7, 11) is 1.57. The highest BCUT2D eigenvalue weighted by atomic mass is 16.2. The molecule has 2 atom stereocenters. The molecule has 1 aliphatic carbocycles. The van der Waals surface area contributed by atoms with Gasteiger partial charge in [-0.3, -0.25) is 14.5 Å². The van der Waals surface area contributed by atoms with E-state index in [4.69, 9.17) is 0 Å². The van der Waals surface area contributed by atoms with Gasteiger partial charge in [-0.2, -0.15) is 0 Å². The maximum absolute atomic E-state index is 12.0. The first kappa shape index (κ1) is 8.65. The Bertz CT molecular complexity index is 454. The molecule has 3 rings (SSSR count). The van der Waals surface area contributed by atoms with Crippen LogP contribution < -0.4 is 0 Å². The number of carbonyl (C=O) groups is 2. The number of hydrogen-bond donors (Lipinski definition) is 0. The fourth-order valence-electron chi connectivity index (χ4n) is 2.61. The first-order valence-corrected chi connectivity index (χ1v) is 5.05. The summed E-state index contributed by atoms with van der Waals surface area (Å²) in [6, 6.07) is 9.61. The van der Waals surface area contributed by atoms with Crippen LogP contribution in [-0.2, 0) is 15.0 Å². The molecule has 1 aliphatic heterocycles. The number of likely N-dealkylation sites (N-methyl/N-ethyl adjacent to an activating group) is 1. The van der Waals surface area contributed by atoms with E-state index >= 15 is 0 Å². The third-order valence-corrected chi connectivity index (χ3v) is 3.56. The smallest absolute Gasteiger partial charge is 0.240 e. The maximum Gasteiger partial charge on any atom is 0.240 e. The lowest BCUT2D eigenvalue weighted by molar-refractivity contribution is -0.140. The van der Waals surface area contributed by atoms with Crippen molar-refractivity contribution in [2.45, 2.75) is 11.8 Å². The molecule has 1 heterocycles. The molecule has 2 amide bonds. The highest BCUT2D eigenvalue weighted by molar-refractivity contribution is 6.14. The van der Waals surface area contributed by atoms with Crippen molar-refractivity contribution in [2.24, 2.45) is 5.92 Å². The Morgan fingerprint density at radius 2 is 1.93 bits per heavy atom. The lowest BCUT2D eigenvalue weighted by Crippen LogP contribution is -2.32. The highest BCUT2D eigenvalue weighted by Gasteiger charge is 2.71. The number of amides is 2. The van der Waals surface area contributed by atoms with Crippen LogP contribution in [0.1, 0.15) is 12.0 Å². The van der Waals surface area contributed by atoms with Gasteiger partial charge in [0, 0.05) is 7.05 Å². The summed E-state index contributed by atoms with van der Waals surface area (Å²) in [6.45, 7) is 0. The Morgan fingerprint density at radius 3 is 2.47 bits per heavy atom. The van der Waals surface area contributed by atoms with E-state index in [0.29, 0.717) is 6.42 Å². The molecule has 0 N–H and O–H groups in total. The van der Waals surface area contributed by atoms with Gasteiger partial charge in [0.1, 0.15) is 0 Å². The molecule has 0 aromatic heterocycles. The minimum atomic E-state index is -0.507. The van der Waals surface area contributed by atoms with Crippen LogP contribution in [0.2, 0.25) is 0 Å². The molecule has 0 bridgehead atoms. The van der Waals surface area contributed by atoms with Crippen LogP contribution in [0, 0.1) is 5.92 Å². The molecule has 0 spiro atoms. The Kier molecular flexibility index (Phi) is 1.43. The molecule has 1 saturated heterocycles. The Morgan fingerprint density at radius 1 is 1.27 bits per heavy atom. The number of rotatable bonds is 1. The van der Waals surface area contributed by atoms with Gasteiger partial charge in [-0.1, -0.05) is 30.3 Å². The van der Waals surface area contributed by atoms with Crippen LogP contribution in [0.25, 0.3) is 0 Å². The van der Waals surface area contributed by atoms with Crippen molar-refractivity contribution in [3.63, 3.8) is 0 Å². The zero-order valence-electron chi connectivity index (χ0n) is 8.43. The summed E-state index contributed by atoms with van der Waals surface area (Å²) in [4.78, 5) is 24.9. The number of nitrogens with zero attached hydrogens (tertiary/aromatic N) is 1. The van der Waals surface area contributed by atoms with Crippen molar-refractivity contribution < 1.29 is 9.59 Å². The summed E-state index contributed by atoms with van der Waals surface area (Å²) in [5, 5.41) is 0. The van der Waals surface area contributed by atoms with Gasteiger partial charge in [0.2, 0.25) is 11.8 Å². The zero-order valence-corrected chi connectivity index (χ0v) is 8.43. The van der Waals surface area contributed by atoms with E-state index in [2.05, 4.69) is 0 Å². The van der Waals surface area contributed by atoms with E-state index in [1.165, 1.54) is 4.90 Å². The van der Waals surface area contributed by atoms with Crippen LogP contribution >= 0.6 is 0 Å². The van der Waals surface area contributed by atoms with E-state index in [1.54, 1.807) is 7.05 Å². The maximum atomic E-state index is 12.0. The van der Waals surface area contributed by atoms with Gasteiger partial charge in [-0.25, -0.2) is 0 Å². The van der Waals surface area contributed by atoms with Crippen molar-refractivity contribution in [1.82, 2.24) is 4.90 Å². The second-order valence-corrected chi connectivity index (χ2v) is 4.30. The highest BCUT2D eigenvalue weighted by Crippen LogP contribution is 2.59. The first-order chi connectivity index (χ1) is 7.18. The molecule has 76 valence electrons. The fourth-order valence-corrected chi connectivity index (χ4v) is 2.61. The van der Waals surface area contributed by atoms with Crippen LogP contribution in [0.5, 0.6) is 0 Å². The van der Waals surface area contributed by atoms with E-state index in [0.717, 1.165) is 5.56 Å². The number of likely N-dealkylation sites (tertiary alicyclic amines) is 1. The Labute approximate surface area is 87.7 Å². The van der Waals surface area contributed by atoms with Crippen molar-refractivity contribution in [1.29, 1.82) is 0 Å². The second kappa shape index (κ2) is 2.48. The number of fused-ring (bicyclic) bond motifs is 1. The van der Waals surface area contributed by atoms with Gasteiger partial charge in [-0.15, -0.1) is 0 Å². The molecule has 3 nitrogen and oxygen atoms in total. The summed E-state index contributed by atoms with van der Waals surface area (Å²) < 4.78 is 0. The molecule has 1 saturated carbocycles. The van der Waals surface area contributed by atoms with Crippen LogP contribution in [-0.4, -0.2) is 23.8 Å². The van der Waals surface area contributed by atoms with Crippen LogP contribution in [0.3, 0.4) is 0 Å². The minimum Gasteiger partial charge on any atom is -0.285 e. The summed E-state index contributed by atoms with van der Waals surface area (Å²) in [5.74, 6) is -0.162. The molecule has 1 aromatic carbocycles. The SMILES string of the molecule is CN1C(=O)[C@@H]2C[C@]2(c2ccccc2)C1=O. The summed E-state index contributed by atoms with van der Waals surface area (Å²) in [5.41, 5.74) is 0.477. The Balaban J connectivity index is 2.09. The molecular weight excluding hydrogens is 190 g/mol. The predicted molar refractivity (Wildman–Crippen MR) is 54.0 cm³/mol. The average molecular weight is 201 g/mol. The average Bonchev–Trinajstić information content (AvgIpc) is 2.99. The first-order valence-electron chi connectivity index (χ1n) is 5.05. The van der Waals surface area contributed by atoms with Gasteiger partial charge in [-0.05, 0) is 12.0 Å². The van der Waals surface area contributed by atoms with E-state index < -0.39 is 5.41 Å². The zero-order chi connectivity index (χ0) is 10.6. The van der Waals surface area contributed by atoms with Crippen molar-refractivity contribution in [2.75, 3.05) is 7.05 Å². The van der Waals surface area contributed by atoms with Gasteiger partial charge in [0.15, 0.2) is 0 Å². The molecule has 3 heteroatoms. The van der Waals surface area contributed by atoms with Gasteiger partial charge in [0.25, 0.3) is 0 Å². The third-order valence-electron chi connectivity index (χ3n) is 3.56. The van der Waals surface area contributed by atoms with Gasteiger partial charge in [0.05, 0.1) is 11.3 Å². The monoisotopic (exact) mass is 201 g/mol. The number of hydrogen-bond acceptors (Lipinski definition) is 2. The molecule has 1 aromatic rings. The second-order valence-electron chi connectivity index (χ2n) is 4.30. The van der Waals surface area contributed by atoms with E-state index in [1.807, 2.05) is 30.3 Å². The fraction of sp³-hybridized carbons (Fsp3) is 0.333. The quantitative estimate of drug-likeness (QED) is 0.634. The summed E-state index contributed by atoms with van der Waals surface area (Å²) >= 11 is 0. The molecule has 0 radical (unpaired) electrons. The third kappa shape index (κ3) is 0.856. The number of piperidine rings is 1. The van der Waals surface area contributed by atoms with E-state index in [-0.39, 0.29) is 17.7 Å². The van der Waals surface area contributed by atoms with Gasteiger partial charge < -0.3 is 0 Å². The normalized spacial score (nSPS) is 33.1. The van der Waals surface area contributed by atoms with Gasteiger partial charge >= 0.3 is 0 Å². The topological polar surface area (TPSA) is 37.4 Å². The van der Waals surface area contributed by atoms with E-state index in [9.17, 15) is 9.59 Å². The number of imide groups is 1. The molecular formula is C12H11NO2. The predicted octanol–water partition coefficient (Wildman–Crippen LogP) is 0.943. The lowest BCUT2D eigenvalue weighted by atomic mass is 9.94.